The van der Waals surface area contributed by atoms with Crippen molar-refractivity contribution in [1.29, 1.82) is 0 Å². The van der Waals surface area contributed by atoms with E-state index in [9.17, 15) is 13.2 Å². The number of benzene rings is 1. The van der Waals surface area contributed by atoms with Crippen LogP contribution in [0.3, 0.4) is 0 Å². The third kappa shape index (κ3) is 4.67. The molecule has 1 aromatic carbocycles. The van der Waals surface area contributed by atoms with Gasteiger partial charge < -0.3 is 5.32 Å². The lowest BCUT2D eigenvalue weighted by Gasteiger charge is -2.12. The van der Waals surface area contributed by atoms with Crippen molar-refractivity contribution in [3.8, 4) is 0 Å². The zero-order valence-corrected chi connectivity index (χ0v) is 12.3. The minimum Gasteiger partial charge on any atom is -0.370 e. The van der Waals surface area contributed by atoms with E-state index in [1.54, 1.807) is 0 Å². The number of alkyl halides is 3. The highest BCUT2D eigenvalue weighted by molar-refractivity contribution is 7.99. The molecule has 2 rings (SSSR count). The zero-order chi connectivity index (χ0) is 15.3. The molecule has 0 bridgehead atoms. The van der Waals surface area contributed by atoms with Gasteiger partial charge in [0, 0.05) is 11.4 Å². The summed E-state index contributed by atoms with van der Waals surface area (Å²) in [5.41, 5.74) is -0.686. The first-order valence-corrected chi connectivity index (χ1v) is 7.36. The second-order valence-corrected chi connectivity index (χ2v) is 5.51. The maximum absolute atomic E-state index is 12.9. The van der Waals surface area contributed by atoms with Crippen molar-refractivity contribution < 1.29 is 13.2 Å². The molecule has 0 unspecified atom stereocenters. The fourth-order valence-electron chi connectivity index (χ4n) is 1.67. The van der Waals surface area contributed by atoms with E-state index in [1.807, 2.05) is 37.3 Å². The normalized spacial score (nSPS) is 11.4. The third-order valence-electron chi connectivity index (χ3n) is 2.65. The lowest BCUT2D eigenvalue weighted by atomic mass is 10.2. The predicted octanol–water partition coefficient (Wildman–Crippen LogP) is 5.07. The Bertz CT molecular complexity index is 585. The molecule has 21 heavy (non-hydrogen) atoms. The Morgan fingerprint density at radius 2 is 1.86 bits per heavy atom. The van der Waals surface area contributed by atoms with Gasteiger partial charge in [-0.05, 0) is 30.7 Å². The summed E-state index contributed by atoms with van der Waals surface area (Å²) in [6.45, 7) is 2.53. The van der Waals surface area contributed by atoms with E-state index in [2.05, 4.69) is 10.3 Å². The van der Waals surface area contributed by atoms with E-state index in [4.69, 9.17) is 0 Å². The van der Waals surface area contributed by atoms with Crippen molar-refractivity contribution in [2.24, 2.45) is 0 Å². The van der Waals surface area contributed by atoms with Crippen molar-refractivity contribution in [2.75, 3.05) is 11.9 Å². The van der Waals surface area contributed by atoms with E-state index in [1.165, 1.54) is 11.8 Å². The molecular formula is C15H15F3N2S. The highest BCUT2D eigenvalue weighted by atomic mass is 32.2. The van der Waals surface area contributed by atoms with Crippen LogP contribution in [0.5, 0.6) is 0 Å². The van der Waals surface area contributed by atoms with Crippen LogP contribution in [0.2, 0.25) is 0 Å². The quantitative estimate of drug-likeness (QED) is 0.834. The molecule has 0 atom stereocenters. The molecule has 1 N–H and O–H groups in total. The molecule has 6 heteroatoms. The molecule has 0 amide bonds. The first-order valence-electron chi connectivity index (χ1n) is 6.55. The molecular weight excluding hydrogens is 297 g/mol. The number of rotatable bonds is 5. The number of hydrogen-bond donors (Lipinski definition) is 1. The highest BCUT2D eigenvalue weighted by Crippen LogP contribution is 2.35. The van der Waals surface area contributed by atoms with Gasteiger partial charge in [0.15, 0.2) is 0 Å². The fraction of sp³-hybridized carbons (Fsp3) is 0.267. The highest BCUT2D eigenvalue weighted by Gasteiger charge is 2.31. The van der Waals surface area contributed by atoms with Gasteiger partial charge in [-0.1, -0.05) is 36.9 Å². The van der Waals surface area contributed by atoms with Crippen molar-refractivity contribution in [1.82, 2.24) is 4.98 Å². The van der Waals surface area contributed by atoms with Gasteiger partial charge in [-0.2, -0.15) is 13.2 Å². The van der Waals surface area contributed by atoms with Crippen LogP contribution in [0.4, 0.5) is 19.0 Å². The molecule has 0 aliphatic carbocycles. The van der Waals surface area contributed by atoms with Crippen LogP contribution in [0, 0.1) is 0 Å². The molecule has 1 aromatic heterocycles. The average Bonchev–Trinajstić information content (AvgIpc) is 2.45. The first-order chi connectivity index (χ1) is 9.99. The number of aromatic nitrogens is 1. The summed E-state index contributed by atoms with van der Waals surface area (Å²) in [5.74, 6) is 0.255. The van der Waals surface area contributed by atoms with Crippen LogP contribution in [0.1, 0.15) is 18.9 Å². The van der Waals surface area contributed by atoms with Gasteiger partial charge in [-0.15, -0.1) is 0 Å². The lowest BCUT2D eigenvalue weighted by Crippen LogP contribution is -2.09. The Balaban J connectivity index is 2.30. The van der Waals surface area contributed by atoms with Crippen molar-refractivity contribution in [3.05, 3.63) is 48.0 Å². The van der Waals surface area contributed by atoms with Gasteiger partial charge in [-0.3, -0.25) is 0 Å². The van der Waals surface area contributed by atoms with Crippen molar-refractivity contribution in [2.45, 2.75) is 29.4 Å². The van der Waals surface area contributed by atoms with Crippen LogP contribution < -0.4 is 5.32 Å². The maximum atomic E-state index is 12.9. The number of pyridine rings is 1. The Morgan fingerprint density at radius 1 is 1.14 bits per heavy atom. The zero-order valence-electron chi connectivity index (χ0n) is 11.4. The molecule has 0 aliphatic rings. The van der Waals surface area contributed by atoms with Gasteiger partial charge in [0.05, 0.1) is 5.56 Å². The largest absolute Gasteiger partial charge is 0.416 e. The Kier molecular flexibility index (Phi) is 5.12. The van der Waals surface area contributed by atoms with Gasteiger partial charge in [0.25, 0.3) is 0 Å². The van der Waals surface area contributed by atoms with Crippen LogP contribution >= 0.6 is 11.8 Å². The standard InChI is InChI=1S/C15H15F3N2S/c1-2-8-19-13-9-11(15(16,17)18)10-14(20-13)21-12-6-4-3-5-7-12/h3-7,9-10H,2,8H2,1H3,(H,19,20). The molecule has 0 spiro atoms. The summed E-state index contributed by atoms with van der Waals surface area (Å²) >= 11 is 1.21. The van der Waals surface area contributed by atoms with Gasteiger partial charge in [-0.25, -0.2) is 4.98 Å². The number of hydrogen-bond acceptors (Lipinski definition) is 3. The van der Waals surface area contributed by atoms with E-state index in [0.29, 0.717) is 11.6 Å². The van der Waals surface area contributed by atoms with Crippen molar-refractivity contribution >= 4 is 17.6 Å². The molecule has 0 radical (unpaired) electrons. The number of anilines is 1. The van der Waals surface area contributed by atoms with Crippen molar-refractivity contribution in [3.63, 3.8) is 0 Å². The van der Waals surface area contributed by atoms with Gasteiger partial charge in [0.2, 0.25) is 0 Å². The van der Waals surface area contributed by atoms with Crippen LogP contribution in [-0.4, -0.2) is 11.5 Å². The second kappa shape index (κ2) is 6.85. The summed E-state index contributed by atoms with van der Waals surface area (Å²) in [5, 5.41) is 3.24. The topological polar surface area (TPSA) is 24.9 Å². The predicted molar refractivity (Wildman–Crippen MR) is 78.6 cm³/mol. The van der Waals surface area contributed by atoms with Crippen LogP contribution in [-0.2, 0) is 6.18 Å². The summed E-state index contributed by atoms with van der Waals surface area (Å²) in [4.78, 5) is 5.08. The van der Waals surface area contributed by atoms with E-state index in [0.717, 1.165) is 23.4 Å². The van der Waals surface area contributed by atoms with E-state index >= 15 is 0 Å². The third-order valence-corrected chi connectivity index (χ3v) is 3.58. The molecule has 0 aliphatic heterocycles. The Labute approximate surface area is 125 Å². The Morgan fingerprint density at radius 3 is 2.48 bits per heavy atom. The maximum Gasteiger partial charge on any atom is 0.416 e. The average molecular weight is 312 g/mol. The molecule has 112 valence electrons. The monoisotopic (exact) mass is 312 g/mol. The van der Waals surface area contributed by atoms with E-state index < -0.39 is 11.7 Å². The molecule has 2 nitrogen and oxygen atoms in total. The summed E-state index contributed by atoms with van der Waals surface area (Å²) in [7, 11) is 0. The van der Waals surface area contributed by atoms with E-state index in [-0.39, 0.29) is 5.82 Å². The molecule has 0 fully saturated rings. The summed E-state index contributed by atoms with van der Waals surface area (Å²) in [6.07, 6.45) is -3.56. The van der Waals surface area contributed by atoms with Gasteiger partial charge >= 0.3 is 6.18 Å². The first kappa shape index (κ1) is 15.7. The number of nitrogens with one attached hydrogen (secondary N) is 1. The summed E-state index contributed by atoms with van der Waals surface area (Å²) in [6, 6.07) is 11.3. The fourth-order valence-corrected chi connectivity index (χ4v) is 2.54. The van der Waals surface area contributed by atoms with Gasteiger partial charge in [0.1, 0.15) is 10.8 Å². The van der Waals surface area contributed by atoms with Crippen LogP contribution in [0.15, 0.2) is 52.4 Å². The molecule has 0 saturated carbocycles. The second-order valence-electron chi connectivity index (χ2n) is 4.42. The Hall–Kier alpha value is -1.69. The minimum absolute atomic E-state index is 0.255. The minimum atomic E-state index is -4.38. The SMILES string of the molecule is CCCNc1cc(C(F)(F)F)cc(Sc2ccccc2)n1. The smallest absolute Gasteiger partial charge is 0.370 e. The number of nitrogens with zero attached hydrogens (tertiary/aromatic N) is 1. The number of halogens is 3. The van der Waals surface area contributed by atoms with Crippen LogP contribution in [0.25, 0.3) is 0 Å². The summed E-state index contributed by atoms with van der Waals surface area (Å²) < 4.78 is 38.8. The molecule has 0 saturated heterocycles. The molecule has 1 heterocycles. The lowest BCUT2D eigenvalue weighted by molar-refractivity contribution is -0.137. The molecule has 2 aromatic rings.